The maximum absolute atomic E-state index is 13.9. The summed E-state index contributed by atoms with van der Waals surface area (Å²) in [6.45, 7) is 9.61. The Labute approximate surface area is 186 Å². The van der Waals surface area contributed by atoms with Crippen LogP contribution in [0.5, 0.6) is 0 Å². The van der Waals surface area contributed by atoms with Crippen molar-refractivity contribution >= 4 is 17.7 Å². The normalized spacial score (nSPS) is 22.8. The fourth-order valence-corrected chi connectivity index (χ4v) is 4.65. The highest BCUT2D eigenvalue weighted by molar-refractivity contribution is 6.01. The number of likely N-dealkylation sites (N-methyl/N-ethyl adjacent to an activating group) is 2. The second-order valence-electron chi connectivity index (χ2n) is 9.35. The van der Waals surface area contributed by atoms with E-state index in [2.05, 4.69) is 35.2 Å². The summed E-state index contributed by atoms with van der Waals surface area (Å²) < 4.78 is 0.0196. The Morgan fingerprint density at radius 1 is 1.19 bits per heavy atom. The molecule has 0 radical (unpaired) electrons. The molecule has 0 aromatic heterocycles. The SMILES string of the molecule is CCCC[N+](C)(C(=O)c1cc(CN2CCN(C)CC2)ccc1C)C1CCC(=O)NC1=O. The Bertz CT molecular complexity index is 832. The monoisotopic (exact) mass is 429 g/mol. The van der Waals surface area contributed by atoms with Gasteiger partial charge in [0.1, 0.15) is 0 Å². The third-order valence-corrected chi connectivity index (χ3v) is 6.87. The lowest BCUT2D eigenvalue weighted by Crippen LogP contribution is -2.64. The molecule has 0 spiro atoms. The number of benzene rings is 1. The number of quaternary nitrogens is 1. The zero-order valence-electron chi connectivity index (χ0n) is 19.4. The van der Waals surface area contributed by atoms with E-state index >= 15 is 0 Å². The minimum atomic E-state index is -0.530. The number of aryl methyl sites for hydroxylation is 1. The van der Waals surface area contributed by atoms with Crippen LogP contribution in [0.2, 0.25) is 0 Å². The topological polar surface area (TPSA) is 69.7 Å². The van der Waals surface area contributed by atoms with Gasteiger partial charge in [-0.05, 0) is 37.6 Å². The maximum atomic E-state index is 13.9. The van der Waals surface area contributed by atoms with Crippen molar-refractivity contribution in [3.63, 3.8) is 0 Å². The molecular weight excluding hydrogens is 392 g/mol. The minimum Gasteiger partial charge on any atom is -0.304 e. The minimum absolute atomic E-state index is 0.0196. The molecule has 2 heterocycles. The standard InChI is InChI=1S/C24H36N4O3/c1-5-6-15-28(4,21-9-10-22(29)25-23(21)30)24(31)20-16-19(8-7-18(20)2)17-27-13-11-26(3)12-14-27/h7-8,16,21H,5-6,9-15,17H2,1-4H3/p+1. The van der Waals surface area contributed by atoms with Crippen LogP contribution in [0, 0.1) is 6.92 Å². The van der Waals surface area contributed by atoms with Crippen molar-refractivity contribution in [3.05, 3.63) is 34.9 Å². The zero-order valence-corrected chi connectivity index (χ0v) is 19.4. The summed E-state index contributed by atoms with van der Waals surface area (Å²) in [4.78, 5) is 43.0. The fraction of sp³-hybridized carbons (Fsp3) is 0.625. The summed E-state index contributed by atoms with van der Waals surface area (Å²) in [5, 5.41) is 2.45. The maximum Gasteiger partial charge on any atom is 0.346 e. The summed E-state index contributed by atoms with van der Waals surface area (Å²) in [6, 6.07) is 5.61. The van der Waals surface area contributed by atoms with E-state index in [1.54, 1.807) is 0 Å². The van der Waals surface area contributed by atoms with Crippen molar-refractivity contribution in [3.8, 4) is 0 Å². The molecule has 7 heteroatoms. The van der Waals surface area contributed by atoms with Crippen molar-refractivity contribution in [1.82, 2.24) is 15.1 Å². The van der Waals surface area contributed by atoms with Crippen LogP contribution in [0.15, 0.2) is 18.2 Å². The molecule has 2 aliphatic rings. The number of nitrogens with one attached hydrogen (secondary N) is 1. The van der Waals surface area contributed by atoms with Crippen molar-refractivity contribution in [2.75, 3.05) is 46.8 Å². The summed E-state index contributed by atoms with van der Waals surface area (Å²) in [5.74, 6) is -0.601. The van der Waals surface area contributed by atoms with Crippen LogP contribution in [-0.4, -0.2) is 84.9 Å². The number of piperazine rings is 1. The Morgan fingerprint density at radius 2 is 1.90 bits per heavy atom. The first kappa shape index (κ1) is 23.6. The second kappa shape index (κ2) is 10.0. The van der Waals surface area contributed by atoms with Gasteiger partial charge in [-0.25, -0.2) is 9.28 Å². The molecule has 1 aromatic rings. The van der Waals surface area contributed by atoms with E-state index in [4.69, 9.17) is 0 Å². The Kier molecular flexibility index (Phi) is 7.62. The Balaban J connectivity index is 1.86. The molecule has 3 amide bonds. The highest BCUT2D eigenvalue weighted by atomic mass is 16.2. The average molecular weight is 430 g/mol. The number of hydrogen-bond acceptors (Lipinski definition) is 5. The lowest BCUT2D eigenvalue weighted by atomic mass is 9.97. The molecule has 2 fully saturated rings. The third kappa shape index (κ3) is 5.40. The molecule has 1 aromatic carbocycles. The van der Waals surface area contributed by atoms with E-state index < -0.39 is 6.04 Å². The number of imide groups is 1. The van der Waals surface area contributed by atoms with Crippen molar-refractivity contribution < 1.29 is 18.9 Å². The lowest BCUT2D eigenvalue weighted by molar-refractivity contribution is -0.846. The van der Waals surface area contributed by atoms with Gasteiger partial charge in [0.15, 0.2) is 6.04 Å². The van der Waals surface area contributed by atoms with Gasteiger partial charge in [-0.15, -0.1) is 0 Å². The predicted molar refractivity (Wildman–Crippen MR) is 120 cm³/mol. The molecule has 7 nitrogen and oxygen atoms in total. The van der Waals surface area contributed by atoms with E-state index in [0.29, 0.717) is 18.5 Å². The number of carbonyl (C=O) groups is 3. The van der Waals surface area contributed by atoms with E-state index in [0.717, 1.165) is 56.7 Å². The summed E-state index contributed by atoms with van der Waals surface area (Å²) in [7, 11) is 4.01. The smallest absolute Gasteiger partial charge is 0.304 e. The van der Waals surface area contributed by atoms with Gasteiger partial charge in [-0.2, -0.15) is 0 Å². The van der Waals surface area contributed by atoms with Crippen LogP contribution in [0.4, 0.5) is 0 Å². The molecule has 2 aliphatic heterocycles. The molecule has 2 unspecified atom stereocenters. The van der Waals surface area contributed by atoms with Gasteiger partial charge in [0.05, 0.1) is 19.2 Å². The van der Waals surface area contributed by atoms with Crippen LogP contribution in [0.3, 0.4) is 0 Å². The molecule has 0 bridgehead atoms. The molecule has 170 valence electrons. The first-order chi connectivity index (χ1) is 14.7. The largest absolute Gasteiger partial charge is 0.346 e. The van der Waals surface area contributed by atoms with Crippen LogP contribution in [0.1, 0.15) is 54.1 Å². The first-order valence-electron chi connectivity index (χ1n) is 11.5. The Hall–Kier alpha value is -2.09. The molecule has 3 rings (SSSR count). The number of hydrogen-bond donors (Lipinski definition) is 1. The quantitative estimate of drug-likeness (QED) is 0.530. The van der Waals surface area contributed by atoms with Gasteiger partial charge in [0.2, 0.25) is 5.91 Å². The van der Waals surface area contributed by atoms with E-state index in [-0.39, 0.29) is 28.6 Å². The van der Waals surface area contributed by atoms with Gasteiger partial charge in [0, 0.05) is 45.6 Å². The van der Waals surface area contributed by atoms with Gasteiger partial charge in [0.25, 0.3) is 5.91 Å². The fourth-order valence-electron chi connectivity index (χ4n) is 4.65. The second-order valence-corrected chi connectivity index (χ2v) is 9.35. The summed E-state index contributed by atoms with van der Waals surface area (Å²) >= 11 is 0. The van der Waals surface area contributed by atoms with E-state index in [1.165, 1.54) is 0 Å². The van der Waals surface area contributed by atoms with Gasteiger partial charge < -0.3 is 4.90 Å². The van der Waals surface area contributed by atoms with Crippen LogP contribution in [0.25, 0.3) is 0 Å². The highest BCUT2D eigenvalue weighted by Gasteiger charge is 2.47. The van der Waals surface area contributed by atoms with Gasteiger partial charge in [-0.1, -0.05) is 25.5 Å². The number of carbonyl (C=O) groups excluding carboxylic acids is 3. The number of rotatable bonds is 7. The molecule has 1 N–H and O–H groups in total. The molecule has 2 saturated heterocycles. The van der Waals surface area contributed by atoms with Gasteiger partial charge in [-0.3, -0.25) is 19.8 Å². The predicted octanol–water partition coefficient (Wildman–Crippen LogP) is 1.93. The van der Waals surface area contributed by atoms with Gasteiger partial charge >= 0.3 is 5.91 Å². The van der Waals surface area contributed by atoms with E-state index in [9.17, 15) is 14.4 Å². The lowest BCUT2D eigenvalue weighted by Gasteiger charge is -2.40. The number of piperidine rings is 1. The molecule has 2 atom stereocenters. The van der Waals surface area contributed by atoms with Crippen molar-refractivity contribution in [1.29, 1.82) is 0 Å². The number of nitrogens with zero attached hydrogens (tertiary/aromatic N) is 3. The van der Waals surface area contributed by atoms with Crippen molar-refractivity contribution in [2.24, 2.45) is 0 Å². The van der Waals surface area contributed by atoms with Crippen molar-refractivity contribution in [2.45, 2.75) is 52.1 Å². The van der Waals surface area contributed by atoms with Crippen LogP contribution < -0.4 is 5.32 Å². The van der Waals surface area contributed by atoms with Crippen LogP contribution in [-0.2, 0) is 16.1 Å². The third-order valence-electron chi connectivity index (χ3n) is 6.87. The van der Waals surface area contributed by atoms with Crippen LogP contribution >= 0.6 is 0 Å². The van der Waals surface area contributed by atoms with E-state index in [1.807, 2.05) is 26.1 Å². The average Bonchev–Trinajstić information content (AvgIpc) is 2.74. The molecule has 31 heavy (non-hydrogen) atoms. The molecule has 0 saturated carbocycles. The number of unbranched alkanes of at least 4 members (excludes halogenated alkanes) is 1. The zero-order chi connectivity index (χ0) is 22.6. The highest BCUT2D eigenvalue weighted by Crippen LogP contribution is 2.26. The Morgan fingerprint density at radius 3 is 2.55 bits per heavy atom. The number of amides is 3. The molecule has 0 aliphatic carbocycles. The summed E-state index contributed by atoms with van der Waals surface area (Å²) in [5.41, 5.74) is 2.75. The summed E-state index contributed by atoms with van der Waals surface area (Å²) in [6.07, 6.45) is 2.49. The molecular formula is C24H37N4O3+. The first-order valence-corrected chi connectivity index (χ1v) is 11.5.